The summed E-state index contributed by atoms with van der Waals surface area (Å²) in [6.07, 6.45) is 1.21. The molecule has 120 valence electrons. The molecule has 0 aliphatic rings. The second-order valence-corrected chi connectivity index (χ2v) is 5.21. The average molecular weight is 343 g/mol. The SMILES string of the molecule is O=C(O)c1ccccc1N/N=C\c1c(Cl)c2ccccc2oc1=O. The minimum Gasteiger partial charge on any atom is -0.478 e. The van der Waals surface area contributed by atoms with E-state index in [0.717, 1.165) is 0 Å². The molecule has 0 amide bonds. The van der Waals surface area contributed by atoms with E-state index < -0.39 is 11.6 Å². The number of halogens is 1. The number of hydrazone groups is 1. The molecular weight excluding hydrogens is 332 g/mol. The molecule has 1 heterocycles. The highest BCUT2D eigenvalue weighted by atomic mass is 35.5. The van der Waals surface area contributed by atoms with E-state index in [1.165, 1.54) is 12.3 Å². The number of nitrogens with one attached hydrogen (secondary N) is 1. The van der Waals surface area contributed by atoms with Gasteiger partial charge in [-0.05, 0) is 24.3 Å². The first-order valence-electron chi connectivity index (χ1n) is 6.90. The fraction of sp³-hybridized carbons (Fsp3) is 0. The van der Waals surface area contributed by atoms with Crippen LogP contribution in [0.1, 0.15) is 15.9 Å². The Morgan fingerprint density at radius 3 is 2.67 bits per heavy atom. The highest BCUT2D eigenvalue weighted by molar-refractivity contribution is 6.37. The first-order chi connectivity index (χ1) is 11.6. The number of aromatic carboxylic acids is 1. The highest BCUT2D eigenvalue weighted by Gasteiger charge is 2.11. The summed E-state index contributed by atoms with van der Waals surface area (Å²) in [7, 11) is 0. The zero-order valence-electron chi connectivity index (χ0n) is 12.2. The van der Waals surface area contributed by atoms with E-state index in [2.05, 4.69) is 10.5 Å². The number of hydrogen-bond donors (Lipinski definition) is 2. The number of carboxylic acid groups (broad SMARTS) is 1. The number of benzene rings is 2. The lowest BCUT2D eigenvalue weighted by molar-refractivity contribution is 0.0698. The maximum absolute atomic E-state index is 12.0. The molecule has 2 N–H and O–H groups in total. The van der Waals surface area contributed by atoms with Crippen LogP contribution in [0.3, 0.4) is 0 Å². The monoisotopic (exact) mass is 342 g/mol. The van der Waals surface area contributed by atoms with Crippen molar-refractivity contribution >= 4 is 40.4 Å². The van der Waals surface area contributed by atoms with Gasteiger partial charge in [0.15, 0.2) is 0 Å². The largest absolute Gasteiger partial charge is 0.478 e. The molecule has 0 spiro atoms. The van der Waals surface area contributed by atoms with Crippen molar-refractivity contribution in [3.8, 4) is 0 Å². The molecular formula is C17H11ClN2O4. The van der Waals surface area contributed by atoms with Gasteiger partial charge in [0, 0.05) is 5.39 Å². The molecule has 7 heteroatoms. The lowest BCUT2D eigenvalue weighted by atomic mass is 10.2. The summed E-state index contributed by atoms with van der Waals surface area (Å²) in [6, 6.07) is 13.2. The molecule has 0 aliphatic carbocycles. The Labute approximate surface area is 141 Å². The van der Waals surface area contributed by atoms with Crippen molar-refractivity contribution in [1.29, 1.82) is 0 Å². The van der Waals surface area contributed by atoms with Gasteiger partial charge in [-0.25, -0.2) is 9.59 Å². The van der Waals surface area contributed by atoms with Gasteiger partial charge >= 0.3 is 11.6 Å². The molecule has 1 aromatic heterocycles. The van der Waals surface area contributed by atoms with Crippen LogP contribution in [-0.4, -0.2) is 17.3 Å². The van der Waals surface area contributed by atoms with E-state index in [1.54, 1.807) is 42.5 Å². The molecule has 0 bridgehead atoms. The Bertz CT molecular complexity index is 1010. The summed E-state index contributed by atoms with van der Waals surface area (Å²) in [5.74, 6) is -1.09. The third-order valence-electron chi connectivity index (χ3n) is 3.32. The minimum absolute atomic E-state index is 0.0614. The molecule has 0 saturated heterocycles. The third kappa shape index (κ3) is 3.00. The second kappa shape index (κ2) is 6.55. The van der Waals surface area contributed by atoms with Crippen molar-refractivity contribution in [1.82, 2.24) is 0 Å². The van der Waals surface area contributed by atoms with E-state index in [4.69, 9.17) is 21.1 Å². The maximum Gasteiger partial charge on any atom is 0.346 e. The number of rotatable bonds is 4. The molecule has 0 unspecified atom stereocenters. The molecule has 0 aliphatic heterocycles. The van der Waals surface area contributed by atoms with Gasteiger partial charge in [-0.3, -0.25) is 5.43 Å². The van der Waals surface area contributed by atoms with E-state index in [0.29, 0.717) is 16.7 Å². The summed E-state index contributed by atoms with van der Waals surface area (Å²) < 4.78 is 5.19. The summed E-state index contributed by atoms with van der Waals surface area (Å²) in [5.41, 5.74) is 2.78. The number of carbonyl (C=O) groups is 1. The minimum atomic E-state index is -1.09. The number of para-hydroxylation sites is 2. The zero-order chi connectivity index (χ0) is 17.1. The first-order valence-corrected chi connectivity index (χ1v) is 7.28. The predicted octanol–water partition coefficient (Wildman–Crippen LogP) is 3.59. The van der Waals surface area contributed by atoms with Gasteiger partial charge in [0.05, 0.1) is 28.1 Å². The van der Waals surface area contributed by atoms with Gasteiger partial charge in [0.1, 0.15) is 5.58 Å². The number of fused-ring (bicyclic) bond motifs is 1. The molecule has 0 atom stereocenters. The molecule has 2 aromatic carbocycles. The zero-order valence-corrected chi connectivity index (χ0v) is 12.9. The fourth-order valence-electron chi connectivity index (χ4n) is 2.17. The van der Waals surface area contributed by atoms with Crippen molar-refractivity contribution < 1.29 is 14.3 Å². The van der Waals surface area contributed by atoms with Crippen LogP contribution >= 0.6 is 11.6 Å². The van der Waals surface area contributed by atoms with Crippen molar-refractivity contribution in [3.63, 3.8) is 0 Å². The van der Waals surface area contributed by atoms with Crippen molar-refractivity contribution in [3.05, 3.63) is 75.1 Å². The van der Waals surface area contributed by atoms with Crippen LogP contribution in [0.15, 0.2) is 62.8 Å². The normalized spacial score (nSPS) is 11.0. The third-order valence-corrected chi connectivity index (χ3v) is 3.73. The Morgan fingerprint density at radius 2 is 1.88 bits per heavy atom. The van der Waals surface area contributed by atoms with Crippen LogP contribution < -0.4 is 11.1 Å². The number of anilines is 1. The van der Waals surface area contributed by atoms with Gasteiger partial charge in [-0.2, -0.15) is 5.10 Å². The van der Waals surface area contributed by atoms with Crippen LogP contribution in [-0.2, 0) is 0 Å². The van der Waals surface area contributed by atoms with Gasteiger partial charge in [-0.1, -0.05) is 35.9 Å². The Morgan fingerprint density at radius 1 is 1.17 bits per heavy atom. The molecule has 0 fully saturated rings. The Hall–Kier alpha value is -3.12. The first kappa shape index (κ1) is 15.8. The van der Waals surface area contributed by atoms with Crippen molar-refractivity contribution in [2.45, 2.75) is 0 Å². The van der Waals surface area contributed by atoms with Crippen LogP contribution in [0.25, 0.3) is 11.0 Å². The summed E-state index contributed by atoms with van der Waals surface area (Å²) in [4.78, 5) is 23.1. The lowest BCUT2D eigenvalue weighted by Gasteiger charge is -2.05. The van der Waals surface area contributed by atoms with E-state index in [-0.39, 0.29) is 16.1 Å². The number of hydrogen-bond acceptors (Lipinski definition) is 5. The second-order valence-electron chi connectivity index (χ2n) is 4.83. The standard InChI is InChI=1S/C17H11ClN2O4/c18-15-11-6-2-4-8-14(11)24-17(23)12(15)9-19-20-13-7-3-1-5-10(13)16(21)22/h1-9,20H,(H,21,22)/b19-9-. The topological polar surface area (TPSA) is 91.9 Å². The Kier molecular flexibility index (Phi) is 4.31. The summed E-state index contributed by atoms with van der Waals surface area (Å²) >= 11 is 6.24. The smallest absolute Gasteiger partial charge is 0.346 e. The summed E-state index contributed by atoms with van der Waals surface area (Å²) in [6.45, 7) is 0. The average Bonchev–Trinajstić information content (AvgIpc) is 2.58. The van der Waals surface area contributed by atoms with E-state index in [9.17, 15) is 9.59 Å². The quantitative estimate of drug-likeness (QED) is 0.429. The van der Waals surface area contributed by atoms with Gasteiger partial charge in [0.2, 0.25) is 0 Å². The molecule has 24 heavy (non-hydrogen) atoms. The Balaban J connectivity index is 1.95. The van der Waals surface area contributed by atoms with Gasteiger partial charge in [0.25, 0.3) is 0 Å². The molecule has 0 radical (unpaired) electrons. The van der Waals surface area contributed by atoms with Crippen molar-refractivity contribution in [2.75, 3.05) is 5.43 Å². The highest BCUT2D eigenvalue weighted by Crippen LogP contribution is 2.23. The van der Waals surface area contributed by atoms with Crippen LogP contribution in [0.5, 0.6) is 0 Å². The molecule has 3 rings (SSSR count). The summed E-state index contributed by atoms with van der Waals surface area (Å²) in [5, 5.41) is 13.8. The van der Waals surface area contributed by atoms with Crippen LogP contribution in [0.2, 0.25) is 5.02 Å². The van der Waals surface area contributed by atoms with Crippen molar-refractivity contribution in [2.24, 2.45) is 5.10 Å². The lowest BCUT2D eigenvalue weighted by Crippen LogP contribution is -2.09. The molecule has 6 nitrogen and oxygen atoms in total. The van der Waals surface area contributed by atoms with Crippen LogP contribution in [0, 0.1) is 0 Å². The van der Waals surface area contributed by atoms with Gasteiger partial charge in [-0.15, -0.1) is 0 Å². The predicted molar refractivity (Wildman–Crippen MR) is 92.1 cm³/mol. The fourth-order valence-corrected chi connectivity index (χ4v) is 2.45. The van der Waals surface area contributed by atoms with E-state index in [1.807, 2.05) is 0 Å². The molecule has 0 saturated carbocycles. The number of carboxylic acids is 1. The van der Waals surface area contributed by atoms with Gasteiger partial charge < -0.3 is 9.52 Å². The maximum atomic E-state index is 12.0. The van der Waals surface area contributed by atoms with E-state index >= 15 is 0 Å². The molecule has 3 aromatic rings. The number of nitrogens with zero attached hydrogens (tertiary/aromatic N) is 1. The van der Waals surface area contributed by atoms with Crippen LogP contribution in [0.4, 0.5) is 5.69 Å².